The quantitative estimate of drug-likeness (QED) is 0.604. The second kappa shape index (κ2) is 5.48. The van der Waals surface area contributed by atoms with Crippen molar-refractivity contribution in [1.29, 1.82) is 0 Å². The van der Waals surface area contributed by atoms with E-state index in [0.717, 1.165) is 44.0 Å². The van der Waals surface area contributed by atoms with Gasteiger partial charge >= 0.3 is 0 Å². The molecule has 0 saturated carbocycles. The maximum absolute atomic E-state index is 5.74. The largest absolute Gasteiger partial charge is 0.464 e. The predicted octanol–water partition coefficient (Wildman–Crippen LogP) is 1.77. The van der Waals surface area contributed by atoms with Crippen LogP contribution in [0, 0.1) is 5.92 Å². The van der Waals surface area contributed by atoms with Crippen LogP contribution in [0.25, 0.3) is 0 Å². The minimum atomic E-state index is 0.0700. The molecule has 2 rings (SSSR count). The molecule has 2 unspecified atom stereocenters. The molecule has 0 spiro atoms. The van der Waals surface area contributed by atoms with Crippen molar-refractivity contribution in [2.75, 3.05) is 13.2 Å². The number of ether oxygens (including phenoxy) is 1. The fourth-order valence-electron chi connectivity index (χ4n) is 2.23. The number of nitrogens with one attached hydrogen (secondary N) is 1. The molecule has 1 saturated heterocycles. The lowest BCUT2D eigenvalue weighted by molar-refractivity contribution is 0.0354. The van der Waals surface area contributed by atoms with E-state index < -0.39 is 0 Å². The lowest BCUT2D eigenvalue weighted by atomic mass is 9.92. The Morgan fingerprint density at radius 2 is 2.44 bits per heavy atom. The summed E-state index contributed by atoms with van der Waals surface area (Å²) in [6.45, 7) is 3.71. The summed E-state index contributed by atoms with van der Waals surface area (Å²) in [7, 11) is 0. The molecule has 0 amide bonds. The maximum atomic E-state index is 5.74. The number of aryl methyl sites for hydroxylation is 1. The second-order valence-corrected chi connectivity index (χ2v) is 4.28. The standard InChI is InChI=1S/C12H20N2O2/c1-2-10-5-6-11(16-10)12(14-13)9-4-3-7-15-8-9/h5-6,9,12,14H,2-4,7-8,13H2,1H3. The van der Waals surface area contributed by atoms with Gasteiger partial charge in [0.15, 0.2) is 0 Å². The van der Waals surface area contributed by atoms with E-state index in [1.807, 2.05) is 12.1 Å². The van der Waals surface area contributed by atoms with Gasteiger partial charge < -0.3 is 9.15 Å². The van der Waals surface area contributed by atoms with E-state index >= 15 is 0 Å². The fourth-order valence-corrected chi connectivity index (χ4v) is 2.23. The summed E-state index contributed by atoms with van der Waals surface area (Å²) in [5, 5.41) is 0. The van der Waals surface area contributed by atoms with Crippen molar-refractivity contribution in [3.05, 3.63) is 23.7 Å². The molecule has 0 aliphatic carbocycles. The van der Waals surface area contributed by atoms with Gasteiger partial charge in [-0.3, -0.25) is 5.84 Å². The third-order valence-electron chi connectivity index (χ3n) is 3.18. The third-order valence-corrected chi connectivity index (χ3v) is 3.18. The van der Waals surface area contributed by atoms with Crippen LogP contribution >= 0.6 is 0 Å². The van der Waals surface area contributed by atoms with Gasteiger partial charge in [0.05, 0.1) is 12.6 Å². The van der Waals surface area contributed by atoms with Gasteiger partial charge in [-0.05, 0) is 25.0 Å². The summed E-state index contributed by atoms with van der Waals surface area (Å²) < 4.78 is 11.2. The lowest BCUT2D eigenvalue weighted by Crippen LogP contribution is -2.37. The molecule has 1 aromatic heterocycles. The molecule has 2 atom stereocenters. The van der Waals surface area contributed by atoms with E-state index in [0.29, 0.717) is 5.92 Å². The molecule has 0 bridgehead atoms. The molecule has 4 nitrogen and oxygen atoms in total. The monoisotopic (exact) mass is 224 g/mol. The van der Waals surface area contributed by atoms with Crippen LogP contribution in [0.5, 0.6) is 0 Å². The number of hydrogen-bond donors (Lipinski definition) is 2. The van der Waals surface area contributed by atoms with Crippen molar-refractivity contribution < 1.29 is 9.15 Å². The Balaban J connectivity index is 2.08. The van der Waals surface area contributed by atoms with Gasteiger partial charge in [-0.2, -0.15) is 0 Å². The van der Waals surface area contributed by atoms with Crippen molar-refractivity contribution >= 4 is 0 Å². The van der Waals surface area contributed by atoms with Crippen molar-refractivity contribution in [3.63, 3.8) is 0 Å². The van der Waals surface area contributed by atoms with Crippen molar-refractivity contribution in [3.8, 4) is 0 Å². The summed E-state index contributed by atoms with van der Waals surface area (Å²) in [6, 6.07) is 4.10. The number of rotatable bonds is 4. The van der Waals surface area contributed by atoms with Gasteiger partial charge in [-0.15, -0.1) is 0 Å². The van der Waals surface area contributed by atoms with Gasteiger partial charge in [0.2, 0.25) is 0 Å². The SMILES string of the molecule is CCc1ccc(C(NN)C2CCCOC2)o1. The van der Waals surface area contributed by atoms with Crippen molar-refractivity contribution in [2.45, 2.75) is 32.2 Å². The fraction of sp³-hybridized carbons (Fsp3) is 0.667. The van der Waals surface area contributed by atoms with Gasteiger partial charge in [0.1, 0.15) is 11.5 Å². The first-order chi connectivity index (χ1) is 7.85. The Morgan fingerprint density at radius 1 is 1.56 bits per heavy atom. The van der Waals surface area contributed by atoms with E-state index in [-0.39, 0.29) is 6.04 Å². The van der Waals surface area contributed by atoms with Gasteiger partial charge in [-0.25, -0.2) is 5.43 Å². The number of furan rings is 1. The highest BCUT2D eigenvalue weighted by Gasteiger charge is 2.26. The van der Waals surface area contributed by atoms with Gasteiger partial charge in [0, 0.05) is 18.9 Å². The van der Waals surface area contributed by atoms with E-state index in [1.165, 1.54) is 0 Å². The molecule has 16 heavy (non-hydrogen) atoms. The predicted molar refractivity (Wildman–Crippen MR) is 61.7 cm³/mol. The van der Waals surface area contributed by atoms with E-state index in [4.69, 9.17) is 15.0 Å². The molecule has 1 aromatic rings. The van der Waals surface area contributed by atoms with Crippen LogP contribution in [0.4, 0.5) is 0 Å². The molecule has 1 aliphatic rings. The summed E-state index contributed by atoms with van der Waals surface area (Å²) in [6.07, 6.45) is 3.15. The van der Waals surface area contributed by atoms with Gasteiger partial charge in [-0.1, -0.05) is 6.92 Å². The minimum Gasteiger partial charge on any atom is -0.464 e. The lowest BCUT2D eigenvalue weighted by Gasteiger charge is -2.28. The smallest absolute Gasteiger partial charge is 0.122 e. The Labute approximate surface area is 96.1 Å². The Kier molecular flexibility index (Phi) is 3.98. The molecule has 0 aromatic carbocycles. The summed E-state index contributed by atoms with van der Waals surface area (Å²) >= 11 is 0. The van der Waals surface area contributed by atoms with Crippen molar-refractivity contribution in [2.24, 2.45) is 11.8 Å². The number of hydrogen-bond acceptors (Lipinski definition) is 4. The summed E-state index contributed by atoms with van der Waals surface area (Å²) in [4.78, 5) is 0. The normalized spacial score (nSPS) is 23.2. The maximum Gasteiger partial charge on any atom is 0.122 e. The van der Waals surface area contributed by atoms with Crippen LogP contribution < -0.4 is 11.3 Å². The Bertz CT molecular complexity index is 319. The molecule has 0 radical (unpaired) electrons. The molecule has 90 valence electrons. The number of hydrazine groups is 1. The van der Waals surface area contributed by atoms with Crippen LogP contribution in [0.2, 0.25) is 0 Å². The Morgan fingerprint density at radius 3 is 3.00 bits per heavy atom. The van der Waals surface area contributed by atoms with Crippen LogP contribution in [0.3, 0.4) is 0 Å². The summed E-state index contributed by atoms with van der Waals surface area (Å²) in [5.41, 5.74) is 2.85. The molecule has 1 fully saturated rings. The Hall–Kier alpha value is -0.840. The molecule has 4 heteroatoms. The minimum absolute atomic E-state index is 0.0700. The van der Waals surface area contributed by atoms with Gasteiger partial charge in [0.25, 0.3) is 0 Å². The first kappa shape index (κ1) is 11.6. The number of nitrogens with two attached hydrogens (primary N) is 1. The highest BCUT2D eigenvalue weighted by atomic mass is 16.5. The first-order valence-electron chi connectivity index (χ1n) is 5.97. The zero-order valence-electron chi connectivity index (χ0n) is 9.74. The molecule has 3 N–H and O–H groups in total. The highest BCUT2D eigenvalue weighted by molar-refractivity contribution is 5.11. The highest BCUT2D eigenvalue weighted by Crippen LogP contribution is 2.29. The van der Waals surface area contributed by atoms with Crippen LogP contribution in [0.15, 0.2) is 16.5 Å². The van der Waals surface area contributed by atoms with Crippen LogP contribution in [0.1, 0.15) is 37.3 Å². The average Bonchev–Trinajstić information content (AvgIpc) is 2.80. The van der Waals surface area contributed by atoms with E-state index in [2.05, 4.69) is 12.3 Å². The molecule has 1 aliphatic heterocycles. The van der Waals surface area contributed by atoms with Crippen LogP contribution in [-0.2, 0) is 11.2 Å². The molecular formula is C12H20N2O2. The molecule has 2 heterocycles. The second-order valence-electron chi connectivity index (χ2n) is 4.28. The third kappa shape index (κ3) is 2.45. The zero-order chi connectivity index (χ0) is 11.4. The van der Waals surface area contributed by atoms with Crippen LogP contribution in [-0.4, -0.2) is 13.2 Å². The zero-order valence-corrected chi connectivity index (χ0v) is 9.74. The molecular weight excluding hydrogens is 204 g/mol. The topological polar surface area (TPSA) is 60.4 Å². The first-order valence-corrected chi connectivity index (χ1v) is 5.97. The van der Waals surface area contributed by atoms with Crippen molar-refractivity contribution in [1.82, 2.24) is 5.43 Å². The summed E-state index contributed by atoms with van der Waals surface area (Å²) in [5.74, 6) is 7.96. The van der Waals surface area contributed by atoms with E-state index in [1.54, 1.807) is 0 Å². The van der Waals surface area contributed by atoms with E-state index in [9.17, 15) is 0 Å². The average molecular weight is 224 g/mol.